The van der Waals surface area contributed by atoms with Gasteiger partial charge in [-0.2, -0.15) is 0 Å². The van der Waals surface area contributed by atoms with E-state index in [0.717, 1.165) is 5.56 Å². The summed E-state index contributed by atoms with van der Waals surface area (Å²) >= 11 is 0. The number of carbonyl (C=O) groups excluding carboxylic acids is 1. The summed E-state index contributed by atoms with van der Waals surface area (Å²) in [6.45, 7) is 5.14. The molecule has 2 rings (SSSR count). The lowest BCUT2D eigenvalue weighted by atomic mass is 10.1. The molecule has 0 saturated carbocycles. The highest BCUT2D eigenvalue weighted by Crippen LogP contribution is 2.20. The number of aryl methyl sites for hydroxylation is 2. The van der Waals surface area contributed by atoms with Gasteiger partial charge in [0.1, 0.15) is 5.69 Å². The topological polar surface area (TPSA) is 95.1 Å². The Hall–Kier alpha value is -2.63. The molecule has 2 heterocycles. The molecule has 0 fully saturated rings. The maximum absolute atomic E-state index is 12.3. The van der Waals surface area contributed by atoms with Crippen LogP contribution in [0.3, 0.4) is 0 Å². The average molecular weight is 273 g/mol. The summed E-state index contributed by atoms with van der Waals surface area (Å²) in [6.07, 6.45) is 3.20. The quantitative estimate of drug-likeness (QED) is 0.799. The van der Waals surface area contributed by atoms with E-state index in [9.17, 15) is 9.59 Å². The van der Waals surface area contributed by atoms with Gasteiger partial charge in [0.2, 0.25) is 0 Å². The van der Waals surface area contributed by atoms with Crippen molar-refractivity contribution in [1.29, 1.82) is 0 Å². The van der Waals surface area contributed by atoms with Crippen LogP contribution in [0.5, 0.6) is 0 Å². The molecule has 20 heavy (non-hydrogen) atoms. The van der Waals surface area contributed by atoms with Crippen molar-refractivity contribution < 1.29 is 14.7 Å². The molecule has 0 unspecified atom stereocenters. The van der Waals surface area contributed by atoms with E-state index in [1.807, 2.05) is 6.92 Å². The van der Waals surface area contributed by atoms with Gasteiger partial charge in [0.05, 0.1) is 17.4 Å². The van der Waals surface area contributed by atoms with Crippen LogP contribution in [0.1, 0.15) is 37.7 Å². The summed E-state index contributed by atoms with van der Waals surface area (Å²) in [5.74, 6) is -1.43. The first-order chi connectivity index (χ1) is 9.41. The third-order valence-corrected chi connectivity index (χ3v) is 3.17. The molecule has 0 aliphatic rings. The number of H-pyrrole nitrogens is 1. The van der Waals surface area contributed by atoms with Crippen molar-refractivity contribution in [3.63, 3.8) is 0 Å². The Labute approximate surface area is 115 Å². The lowest BCUT2D eigenvalue weighted by Gasteiger charge is -2.08. The van der Waals surface area contributed by atoms with E-state index in [2.05, 4.69) is 15.3 Å². The molecule has 6 heteroatoms. The number of rotatable bonds is 3. The molecule has 0 atom stereocenters. The van der Waals surface area contributed by atoms with Gasteiger partial charge in [-0.05, 0) is 38.0 Å². The molecule has 0 bridgehead atoms. The summed E-state index contributed by atoms with van der Waals surface area (Å²) in [7, 11) is 0. The van der Waals surface area contributed by atoms with Crippen LogP contribution in [0.2, 0.25) is 0 Å². The highest BCUT2D eigenvalue weighted by Gasteiger charge is 2.21. The number of carboxylic acid groups (broad SMARTS) is 1. The standard InChI is InChI=1S/C14H15N3O3/c1-7-4-5-15-6-10(7)17-13(18)11-8(2)12(14(19)20)16-9(11)3/h4-6,16H,1-3H3,(H,17,18)(H,19,20). The zero-order valence-corrected chi connectivity index (χ0v) is 11.4. The molecule has 0 saturated heterocycles. The van der Waals surface area contributed by atoms with Gasteiger partial charge in [0.25, 0.3) is 5.91 Å². The third kappa shape index (κ3) is 2.40. The first-order valence-electron chi connectivity index (χ1n) is 6.06. The number of nitrogens with zero attached hydrogens (tertiary/aromatic N) is 1. The Bertz CT molecular complexity index is 689. The number of aromatic nitrogens is 2. The Morgan fingerprint density at radius 2 is 2.00 bits per heavy atom. The van der Waals surface area contributed by atoms with Crippen molar-refractivity contribution in [1.82, 2.24) is 9.97 Å². The molecule has 0 aliphatic heterocycles. The second-order valence-corrected chi connectivity index (χ2v) is 4.57. The Balaban J connectivity index is 2.35. The summed E-state index contributed by atoms with van der Waals surface area (Å²) in [5.41, 5.74) is 2.83. The van der Waals surface area contributed by atoms with Crippen LogP contribution < -0.4 is 5.32 Å². The van der Waals surface area contributed by atoms with Crippen molar-refractivity contribution in [3.05, 3.63) is 46.5 Å². The van der Waals surface area contributed by atoms with Gasteiger partial charge < -0.3 is 15.4 Å². The van der Waals surface area contributed by atoms with Crippen molar-refractivity contribution in [3.8, 4) is 0 Å². The van der Waals surface area contributed by atoms with Gasteiger partial charge in [-0.25, -0.2) is 4.79 Å². The first-order valence-corrected chi connectivity index (χ1v) is 6.06. The predicted octanol–water partition coefficient (Wildman–Crippen LogP) is 2.29. The Morgan fingerprint density at radius 1 is 1.30 bits per heavy atom. The number of carbonyl (C=O) groups is 2. The van der Waals surface area contributed by atoms with Crippen LogP contribution in [0.15, 0.2) is 18.5 Å². The zero-order chi connectivity index (χ0) is 14.9. The fraction of sp³-hybridized carbons (Fsp3) is 0.214. The van der Waals surface area contributed by atoms with Crippen molar-refractivity contribution in [2.75, 3.05) is 5.32 Å². The maximum Gasteiger partial charge on any atom is 0.352 e. The highest BCUT2D eigenvalue weighted by atomic mass is 16.4. The van der Waals surface area contributed by atoms with Crippen molar-refractivity contribution in [2.24, 2.45) is 0 Å². The minimum absolute atomic E-state index is 0.0376. The SMILES string of the molecule is Cc1ccncc1NC(=O)c1c(C)[nH]c(C(=O)O)c1C. The molecule has 1 amide bonds. The first kappa shape index (κ1) is 13.8. The molecular formula is C14H15N3O3. The number of nitrogens with one attached hydrogen (secondary N) is 2. The second-order valence-electron chi connectivity index (χ2n) is 4.57. The van der Waals surface area contributed by atoms with E-state index in [-0.39, 0.29) is 11.6 Å². The summed E-state index contributed by atoms with van der Waals surface area (Å²) in [5, 5.41) is 11.8. The van der Waals surface area contributed by atoms with Crippen LogP contribution in [-0.2, 0) is 0 Å². The molecule has 0 spiro atoms. The van der Waals surface area contributed by atoms with E-state index in [1.165, 1.54) is 0 Å². The Kier molecular flexibility index (Phi) is 3.56. The lowest BCUT2D eigenvalue weighted by Crippen LogP contribution is -2.14. The highest BCUT2D eigenvalue weighted by molar-refractivity contribution is 6.08. The van der Waals surface area contributed by atoms with Crippen LogP contribution in [0.25, 0.3) is 0 Å². The third-order valence-electron chi connectivity index (χ3n) is 3.17. The molecule has 2 aromatic heterocycles. The number of hydrogen-bond donors (Lipinski definition) is 3. The molecule has 3 N–H and O–H groups in total. The van der Waals surface area contributed by atoms with Crippen molar-refractivity contribution in [2.45, 2.75) is 20.8 Å². The molecule has 2 aromatic rings. The van der Waals surface area contributed by atoms with E-state index in [1.54, 1.807) is 32.3 Å². The van der Waals surface area contributed by atoms with Crippen LogP contribution in [-0.4, -0.2) is 27.0 Å². The normalized spacial score (nSPS) is 10.3. The van der Waals surface area contributed by atoms with E-state index in [4.69, 9.17) is 5.11 Å². The summed E-state index contributed by atoms with van der Waals surface area (Å²) in [4.78, 5) is 30.0. The van der Waals surface area contributed by atoms with Gasteiger partial charge >= 0.3 is 5.97 Å². The molecule has 0 radical (unpaired) electrons. The lowest BCUT2D eigenvalue weighted by molar-refractivity contribution is 0.0690. The fourth-order valence-electron chi connectivity index (χ4n) is 2.08. The van der Waals surface area contributed by atoms with Gasteiger partial charge in [0.15, 0.2) is 0 Å². The van der Waals surface area contributed by atoms with E-state index in [0.29, 0.717) is 22.5 Å². The molecule has 6 nitrogen and oxygen atoms in total. The van der Waals surface area contributed by atoms with Gasteiger partial charge in [0, 0.05) is 11.9 Å². The van der Waals surface area contributed by atoms with Crippen LogP contribution >= 0.6 is 0 Å². The maximum atomic E-state index is 12.3. The molecular weight excluding hydrogens is 258 g/mol. The number of pyridine rings is 1. The predicted molar refractivity (Wildman–Crippen MR) is 74.2 cm³/mol. The van der Waals surface area contributed by atoms with Gasteiger partial charge in [-0.1, -0.05) is 0 Å². The molecule has 0 aromatic carbocycles. The molecule has 104 valence electrons. The van der Waals surface area contributed by atoms with Crippen LogP contribution in [0, 0.1) is 20.8 Å². The monoisotopic (exact) mass is 273 g/mol. The van der Waals surface area contributed by atoms with Crippen molar-refractivity contribution >= 4 is 17.6 Å². The van der Waals surface area contributed by atoms with Gasteiger partial charge in [-0.3, -0.25) is 9.78 Å². The number of amides is 1. The Morgan fingerprint density at radius 3 is 2.55 bits per heavy atom. The second kappa shape index (κ2) is 5.16. The molecule has 0 aliphatic carbocycles. The fourth-order valence-corrected chi connectivity index (χ4v) is 2.08. The number of carboxylic acids is 1. The number of anilines is 1. The average Bonchev–Trinajstić information content (AvgIpc) is 2.68. The number of aromatic carboxylic acids is 1. The largest absolute Gasteiger partial charge is 0.477 e. The van der Waals surface area contributed by atoms with Crippen LogP contribution in [0.4, 0.5) is 5.69 Å². The number of aromatic amines is 1. The minimum Gasteiger partial charge on any atom is -0.477 e. The smallest absolute Gasteiger partial charge is 0.352 e. The zero-order valence-electron chi connectivity index (χ0n) is 11.4. The minimum atomic E-state index is -1.08. The summed E-state index contributed by atoms with van der Waals surface area (Å²) < 4.78 is 0. The van der Waals surface area contributed by atoms with E-state index < -0.39 is 5.97 Å². The summed E-state index contributed by atoms with van der Waals surface area (Å²) in [6, 6.07) is 1.79. The number of hydrogen-bond acceptors (Lipinski definition) is 3. The van der Waals surface area contributed by atoms with E-state index >= 15 is 0 Å². The van der Waals surface area contributed by atoms with Gasteiger partial charge in [-0.15, -0.1) is 0 Å².